The smallest absolute Gasteiger partial charge is 0.284 e. The maximum absolute atomic E-state index is 13.7. The second-order valence-electron chi connectivity index (χ2n) is 11.1. The number of hydrogen-bond donors (Lipinski definition) is 2. The average Bonchev–Trinajstić information content (AvgIpc) is 3.23. The Labute approximate surface area is 230 Å². The van der Waals surface area contributed by atoms with Gasteiger partial charge in [0.2, 0.25) is 0 Å². The van der Waals surface area contributed by atoms with E-state index in [0.717, 1.165) is 44.1 Å². The highest BCUT2D eigenvalue weighted by Crippen LogP contribution is 2.57. The predicted molar refractivity (Wildman–Crippen MR) is 145 cm³/mol. The molecular weight excluding hydrogens is 533 g/mol. The van der Waals surface area contributed by atoms with Crippen molar-refractivity contribution in [1.29, 1.82) is 0 Å². The van der Waals surface area contributed by atoms with Crippen molar-refractivity contribution < 1.29 is 9.90 Å². The van der Waals surface area contributed by atoms with Gasteiger partial charge < -0.3 is 10.4 Å². The van der Waals surface area contributed by atoms with Crippen molar-refractivity contribution in [2.24, 2.45) is 11.8 Å². The molecule has 2 aromatic carbocycles. The van der Waals surface area contributed by atoms with Crippen molar-refractivity contribution in [3.05, 3.63) is 85.2 Å². The van der Waals surface area contributed by atoms with Gasteiger partial charge in [-0.1, -0.05) is 47.3 Å². The average molecular weight is 561 g/mol. The lowest BCUT2D eigenvalue weighted by molar-refractivity contribution is -0.0218. The Balaban J connectivity index is 1.37. The van der Waals surface area contributed by atoms with Crippen LogP contribution < -0.4 is 10.9 Å². The van der Waals surface area contributed by atoms with Crippen LogP contribution in [0.3, 0.4) is 0 Å². The van der Waals surface area contributed by atoms with E-state index in [2.05, 4.69) is 5.32 Å². The third-order valence-corrected chi connectivity index (χ3v) is 9.34. The van der Waals surface area contributed by atoms with Crippen molar-refractivity contribution in [1.82, 2.24) is 14.7 Å². The molecule has 1 amide bonds. The fourth-order valence-electron chi connectivity index (χ4n) is 7.11. The zero-order chi connectivity index (χ0) is 25.9. The highest BCUT2D eigenvalue weighted by Gasteiger charge is 2.57. The molecule has 9 heteroatoms. The standard InChI is InChI=1S/C28H28Cl3N3O3/c29-20-5-7-22(8-6-20)34-26(36)23(15-33(34)14-18-3-4-21(30)10-24(18)31)25(35)32-27-9-1-2-17-12-28(37,16-27)13-19(17)11-27/h3-8,10,15,17,19,37H,1-2,9,11-14,16H2,(H,32,35). The summed E-state index contributed by atoms with van der Waals surface area (Å²) in [5, 5.41) is 16.0. The summed E-state index contributed by atoms with van der Waals surface area (Å²) in [5.41, 5.74) is -0.235. The summed E-state index contributed by atoms with van der Waals surface area (Å²) >= 11 is 18.6. The number of aromatic nitrogens is 2. The summed E-state index contributed by atoms with van der Waals surface area (Å²) in [4.78, 5) is 27.4. The molecule has 6 nitrogen and oxygen atoms in total. The van der Waals surface area contributed by atoms with E-state index in [1.54, 1.807) is 53.3 Å². The second-order valence-corrected chi connectivity index (χ2v) is 12.4. The number of nitrogens with one attached hydrogen (secondary N) is 1. The molecule has 4 unspecified atom stereocenters. The van der Waals surface area contributed by atoms with Gasteiger partial charge in [-0.05, 0) is 92.3 Å². The molecule has 37 heavy (non-hydrogen) atoms. The molecule has 0 spiro atoms. The Morgan fingerprint density at radius 1 is 1.03 bits per heavy atom. The SMILES string of the molecule is O=C(NC12CCCC3CC(O)(CC3C1)C2)c1cn(Cc2ccc(Cl)cc2Cl)n(-c2ccc(Cl)cc2)c1=O. The van der Waals surface area contributed by atoms with Crippen LogP contribution in [-0.4, -0.2) is 31.5 Å². The minimum absolute atomic E-state index is 0.0557. The Hall–Kier alpha value is -2.25. The first-order valence-electron chi connectivity index (χ1n) is 12.7. The molecular formula is C28H28Cl3N3O3. The number of carbonyl (C=O) groups is 1. The summed E-state index contributed by atoms with van der Waals surface area (Å²) in [6.45, 7) is 0.260. The zero-order valence-corrected chi connectivity index (χ0v) is 22.5. The lowest BCUT2D eigenvalue weighted by Gasteiger charge is -2.44. The van der Waals surface area contributed by atoms with E-state index < -0.39 is 22.6 Å². The molecule has 0 saturated heterocycles. The monoisotopic (exact) mass is 559 g/mol. The van der Waals surface area contributed by atoms with E-state index >= 15 is 0 Å². The first kappa shape index (κ1) is 25.1. The molecule has 194 valence electrons. The van der Waals surface area contributed by atoms with Gasteiger partial charge in [0.15, 0.2) is 0 Å². The Kier molecular flexibility index (Phi) is 6.22. The zero-order valence-electron chi connectivity index (χ0n) is 20.2. The topological polar surface area (TPSA) is 76.3 Å². The van der Waals surface area contributed by atoms with Gasteiger partial charge in [0.05, 0.1) is 17.8 Å². The first-order valence-corrected chi connectivity index (χ1v) is 13.8. The number of amides is 1. The van der Waals surface area contributed by atoms with Crippen LogP contribution in [0.5, 0.6) is 0 Å². The molecule has 3 aliphatic rings. The maximum atomic E-state index is 13.7. The number of benzene rings is 2. The summed E-state index contributed by atoms with van der Waals surface area (Å²) in [5.74, 6) is 0.541. The van der Waals surface area contributed by atoms with Crippen LogP contribution in [0.25, 0.3) is 5.69 Å². The molecule has 3 fully saturated rings. The number of halogens is 3. The molecule has 1 aromatic heterocycles. The van der Waals surface area contributed by atoms with Gasteiger partial charge in [0, 0.05) is 26.8 Å². The highest BCUT2D eigenvalue weighted by molar-refractivity contribution is 6.35. The van der Waals surface area contributed by atoms with E-state index in [1.807, 2.05) is 0 Å². The molecule has 1 heterocycles. The number of hydrogen-bond acceptors (Lipinski definition) is 3. The minimum atomic E-state index is -0.720. The number of carbonyl (C=O) groups excluding carboxylic acids is 1. The lowest BCUT2D eigenvalue weighted by atomic mass is 9.71. The van der Waals surface area contributed by atoms with E-state index in [0.29, 0.717) is 39.0 Å². The van der Waals surface area contributed by atoms with Gasteiger partial charge in [-0.25, -0.2) is 4.68 Å². The van der Waals surface area contributed by atoms with Crippen LogP contribution in [0.15, 0.2) is 53.5 Å². The van der Waals surface area contributed by atoms with Crippen LogP contribution >= 0.6 is 34.8 Å². The quantitative estimate of drug-likeness (QED) is 0.411. The number of fused-ring (bicyclic) bond motifs is 2. The third-order valence-electron chi connectivity index (χ3n) is 8.50. The van der Waals surface area contributed by atoms with Crippen molar-refractivity contribution in [2.45, 2.75) is 62.6 Å². The summed E-state index contributed by atoms with van der Waals surface area (Å²) < 4.78 is 3.16. The van der Waals surface area contributed by atoms with Crippen LogP contribution in [0, 0.1) is 11.8 Å². The van der Waals surface area contributed by atoms with Crippen LogP contribution in [0.4, 0.5) is 0 Å². The van der Waals surface area contributed by atoms with Gasteiger partial charge >= 0.3 is 0 Å². The van der Waals surface area contributed by atoms with Gasteiger partial charge in [-0.3, -0.25) is 14.3 Å². The van der Waals surface area contributed by atoms with Gasteiger partial charge in [-0.15, -0.1) is 0 Å². The molecule has 6 rings (SSSR count). The molecule has 3 saturated carbocycles. The molecule has 2 N–H and O–H groups in total. The van der Waals surface area contributed by atoms with Crippen molar-refractivity contribution in [3.8, 4) is 5.69 Å². The minimum Gasteiger partial charge on any atom is -0.390 e. The predicted octanol–water partition coefficient (Wildman–Crippen LogP) is 5.85. The van der Waals surface area contributed by atoms with Crippen LogP contribution in [0.1, 0.15) is 60.9 Å². The largest absolute Gasteiger partial charge is 0.390 e. The fourth-order valence-corrected chi connectivity index (χ4v) is 7.71. The Bertz CT molecular complexity index is 1430. The van der Waals surface area contributed by atoms with Crippen LogP contribution in [0.2, 0.25) is 15.1 Å². The number of nitrogens with zero attached hydrogens (tertiary/aromatic N) is 2. The van der Waals surface area contributed by atoms with Gasteiger partial charge in [-0.2, -0.15) is 0 Å². The van der Waals surface area contributed by atoms with Gasteiger partial charge in [0.1, 0.15) is 5.56 Å². The van der Waals surface area contributed by atoms with E-state index in [4.69, 9.17) is 34.8 Å². The van der Waals surface area contributed by atoms with Crippen molar-refractivity contribution >= 4 is 40.7 Å². The van der Waals surface area contributed by atoms with Crippen molar-refractivity contribution in [3.63, 3.8) is 0 Å². The highest BCUT2D eigenvalue weighted by atomic mass is 35.5. The second kappa shape index (κ2) is 9.19. The Morgan fingerprint density at radius 3 is 2.51 bits per heavy atom. The van der Waals surface area contributed by atoms with Crippen LogP contribution in [-0.2, 0) is 6.54 Å². The Morgan fingerprint density at radius 2 is 1.76 bits per heavy atom. The van der Waals surface area contributed by atoms with E-state index in [-0.39, 0.29) is 12.1 Å². The lowest BCUT2D eigenvalue weighted by Crippen LogP contribution is -2.56. The third kappa shape index (κ3) is 4.63. The summed E-state index contributed by atoms with van der Waals surface area (Å²) in [6.07, 6.45) is 7.55. The molecule has 3 bridgehead atoms. The summed E-state index contributed by atoms with van der Waals surface area (Å²) in [7, 11) is 0. The molecule has 3 aliphatic carbocycles. The first-order chi connectivity index (χ1) is 17.6. The molecule has 3 aromatic rings. The number of aliphatic hydroxyl groups is 1. The number of rotatable bonds is 5. The van der Waals surface area contributed by atoms with Gasteiger partial charge in [0.25, 0.3) is 11.5 Å². The molecule has 0 aliphatic heterocycles. The summed E-state index contributed by atoms with van der Waals surface area (Å²) in [6, 6.07) is 12.1. The fraction of sp³-hybridized carbons (Fsp3) is 0.429. The maximum Gasteiger partial charge on any atom is 0.284 e. The molecule has 4 atom stereocenters. The van der Waals surface area contributed by atoms with E-state index in [1.165, 1.54) is 4.68 Å². The molecule has 0 radical (unpaired) electrons. The van der Waals surface area contributed by atoms with E-state index in [9.17, 15) is 14.7 Å². The van der Waals surface area contributed by atoms with Crippen molar-refractivity contribution in [2.75, 3.05) is 0 Å². The normalized spacial score (nSPS) is 28.3.